The molecule has 2 saturated heterocycles. The molecule has 4 aliphatic rings. The summed E-state index contributed by atoms with van der Waals surface area (Å²) < 4.78 is 10.7. The number of hydrogen-bond donors (Lipinski definition) is 3. The largest absolute Gasteiger partial charge is 0.454 e. The summed E-state index contributed by atoms with van der Waals surface area (Å²) in [5, 5.41) is 16.7. The summed E-state index contributed by atoms with van der Waals surface area (Å²) >= 11 is 6.31. The number of amides is 3. The number of carbonyl (C=O) groups excluding carboxylic acids is 3. The number of rotatable bonds is 3. The van der Waals surface area contributed by atoms with Gasteiger partial charge in [0.05, 0.1) is 35.2 Å². The Morgan fingerprint density at radius 2 is 1.97 bits per heavy atom. The van der Waals surface area contributed by atoms with Crippen LogP contribution in [0.3, 0.4) is 0 Å². The predicted octanol–water partition coefficient (Wildman–Crippen LogP) is 1.37. The van der Waals surface area contributed by atoms with Gasteiger partial charge in [-0.25, -0.2) is 0 Å². The van der Waals surface area contributed by atoms with Crippen molar-refractivity contribution in [3.63, 3.8) is 0 Å². The number of imide groups is 1. The number of likely N-dealkylation sites (tertiary alicyclic amines) is 1. The molecule has 2 fully saturated rings. The van der Waals surface area contributed by atoms with Gasteiger partial charge in [0, 0.05) is 11.6 Å². The Bertz CT molecular complexity index is 1230. The van der Waals surface area contributed by atoms with Gasteiger partial charge in [0.15, 0.2) is 11.5 Å². The van der Waals surface area contributed by atoms with Crippen LogP contribution in [0.4, 0.5) is 5.69 Å². The highest BCUT2D eigenvalue weighted by Gasteiger charge is 2.71. The summed E-state index contributed by atoms with van der Waals surface area (Å²) in [7, 11) is 0. The van der Waals surface area contributed by atoms with Gasteiger partial charge in [-0.15, -0.1) is 0 Å². The van der Waals surface area contributed by atoms with Gasteiger partial charge in [-0.1, -0.05) is 29.8 Å². The molecule has 170 valence electrons. The number of fused-ring (bicyclic) bond motifs is 5. The molecule has 6 rings (SSSR count). The van der Waals surface area contributed by atoms with E-state index in [1.807, 2.05) is 0 Å². The second-order valence-electron chi connectivity index (χ2n) is 8.79. The minimum atomic E-state index is -1.50. The molecule has 0 bridgehead atoms. The van der Waals surface area contributed by atoms with Crippen LogP contribution in [-0.4, -0.2) is 46.7 Å². The van der Waals surface area contributed by atoms with E-state index < -0.39 is 47.2 Å². The van der Waals surface area contributed by atoms with E-state index in [1.165, 1.54) is 11.8 Å². The van der Waals surface area contributed by atoms with Gasteiger partial charge in [0.2, 0.25) is 24.5 Å². The fraction of sp³-hybridized carbons (Fsp3) is 0.348. The number of benzene rings is 2. The molecule has 4 aliphatic heterocycles. The van der Waals surface area contributed by atoms with Crippen LogP contribution in [0.2, 0.25) is 5.02 Å². The second kappa shape index (κ2) is 6.93. The monoisotopic (exact) mass is 469 g/mol. The van der Waals surface area contributed by atoms with Crippen molar-refractivity contribution < 1.29 is 29.0 Å². The molecular weight excluding hydrogens is 450 g/mol. The van der Waals surface area contributed by atoms with Gasteiger partial charge < -0.3 is 19.9 Å². The number of anilines is 1. The molecule has 4 heterocycles. The molecule has 3 N–H and O–H groups in total. The van der Waals surface area contributed by atoms with Crippen molar-refractivity contribution in [1.82, 2.24) is 10.2 Å². The van der Waals surface area contributed by atoms with Crippen LogP contribution in [0.15, 0.2) is 36.4 Å². The SMILES string of the molecule is C[C@@H](O)[C@@H]1N[C@]2(C(=O)Nc3c(Cl)cccc32)[C@@H]2C(=O)N(Cc3ccc4c(c3)OCO4)C(=O)[C@H]12. The minimum Gasteiger partial charge on any atom is -0.454 e. The molecule has 3 amide bonds. The first-order valence-corrected chi connectivity index (χ1v) is 11.0. The van der Waals surface area contributed by atoms with E-state index in [9.17, 15) is 19.5 Å². The summed E-state index contributed by atoms with van der Waals surface area (Å²) in [6.45, 7) is 1.68. The Hall–Kier alpha value is -3.14. The van der Waals surface area contributed by atoms with Crippen LogP contribution < -0.4 is 20.1 Å². The predicted molar refractivity (Wildman–Crippen MR) is 115 cm³/mol. The van der Waals surface area contributed by atoms with Gasteiger partial charge in [-0.3, -0.25) is 24.6 Å². The van der Waals surface area contributed by atoms with E-state index in [-0.39, 0.29) is 13.3 Å². The summed E-state index contributed by atoms with van der Waals surface area (Å²) in [6, 6.07) is 9.49. The van der Waals surface area contributed by atoms with Crippen LogP contribution in [-0.2, 0) is 26.5 Å². The summed E-state index contributed by atoms with van der Waals surface area (Å²) in [4.78, 5) is 41.7. The number of nitrogens with zero attached hydrogens (tertiary/aromatic N) is 1. The van der Waals surface area contributed by atoms with Gasteiger partial charge in [0.1, 0.15) is 5.54 Å². The third-order valence-electron chi connectivity index (χ3n) is 7.02. The van der Waals surface area contributed by atoms with Crippen LogP contribution in [0, 0.1) is 11.8 Å². The first-order chi connectivity index (χ1) is 15.8. The highest BCUT2D eigenvalue weighted by Crippen LogP contribution is 2.54. The van der Waals surface area contributed by atoms with E-state index >= 15 is 0 Å². The van der Waals surface area contributed by atoms with Crippen molar-refractivity contribution in [1.29, 1.82) is 0 Å². The summed E-state index contributed by atoms with van der Waals surface area (Å²) in [6.07, 6.45) is -0.977. The van der Waals surface area contributed by atoms with Crippen LogP contribution in [0.1, 0.15) is 18.1 Å². The second-order valence-corrected chi connectivity index (χ2v) is 9.20. The lowest BCUT2D eigenvalue weighted by Gasteiger charge is -2.30. The summed E-state index contributed by atoms with van der Waals surface area (Å²) in [5.74, 6) is -2.13. The molecule has 0 unspecified atom stereocenters. The van der Waals surface area contributed by atoms with Crippen LogP contribution in [0.25, 0.3) is 0 Å². The molecule has 0 aromatic heterocycles. The molecule has 2 aromatic carbocycles. The van der Waals surface area contributed by atoms with E-state index in [0.717, 1.165) is 0 Å². The molecular formula is C23H20ClN3O6. The zero-order chi connectivity index (χ0) is 23.1. The standard InChI is InChI=1S/C23H20ClN3O6/c1-10(28)18-16-17(23(26-18)12-3-2-4-13(24)19(12)25-22(23)31)21(30)27(20(16)29)8-11-5-6-14-15(7-11)33-9-32-14/h2-7,10,16-18,26,28H,8-9H2,1H3,(H,25,31)/t10-,16+,17+,18+,23+/m1/s1. The molecule has 33 heavy (non-hydrogen) atoms. The first-order valence-electron chi connectivity index (χ1n) is 10.6. The molecule has 0 saturated carbocycles. The Kier molecular flexibility index (Phi) is 4.30. The lowest BCUT2D eigenvalue weighted by molar-refractivity contribution is -0.143. The zero-order valence-corrected chi connectivity index (χ0v) is 18.3. The lowest BCUT2D eigenvalue weighted by atomic mass is 9.76. The quantitative estimate of drug-likeness (QED) is 0.581. The van der Waals surface area contributed by atoms with Crippen molar-refractivity contribution in [2.24, 2.45) is 11.8 Å². The van der Waals surface area contributed by atoms with Crippen LogP contribution >= 0.6 is 11.6 Å². The van der Waals surface area contributed by atoms with Crippen molar-refractivity contribution in [2.75, 3.05) is 12.1 Å². The van der Waals surface area contributed by atoms with Crippen LogP contribution in [0.5, 0.6) is 11.5 Å². The van der Waals surface area contributed by atoms with Crippen molar-refractivity contribution in [3.8, 4) is 11.5 Å². The maximum absolute atomic E-state index is 13.7. The first kappa shape index (κ1) is 20.5. The minimum absolute atomic E-state index is 0.0218. The van der Waals surface area contributed by atoms with Crippen molar-refractivity contribution in [2.45, 2.75) is 31.2 Å². The number of carbonyl (C=O) groups is 3. The van der Waals surface area contributed by atoms with E-state index in [1.54, 1.807) is 36.4 Å². The average Bonchev–Trinajstić information content (AvgIpc) is 3.51. The molecule has 5 atom stereocenters. The lowest BCUT2D eigenvalue weighted by Crippen LogP contribution is -2.54. The smallest absolute Gasteiger partial charge is 0.250 e. The molecule has 0 radical (unpaired) electrons. The van der Waals surface area contributed by atoms with E-state index in [4.69, 9.17) is 21.1 Å². The summed E-state index contributed by atoms with van der Waals surface area (Å²) in [5.41, 5.74) is 0.111. The van der Waals surface area contributed by atoms with E-state index in [0.29, 0.717) is 33.3 Å². The number of ether oxygens (including phenoxy) is 2. The van der Waals surface area contributed by atoms with Gasteiger partial charge >= 0.3 is 0 Å². The number of nitrogens with one attached hydrogen (secondary N) is 2. The van der Waals surface area contributed by atoms with Gasteiger partial charge in [0.25, 0.3) is 0 Å². The fourth-order valence-electron chi connectivity index (χ4n) is 5.58. The Morgan fingerprint density at radius 1 is 1.18 bits per heavy atom. The molecule has 2 aromatic rings. The zero-order valence-electron chi connectivity index (χ0n) is 17.5. The third kappa shape index (κ3) is 2.64. The average molecular weight is 470 g/mol. The van der Waals surface area contributed by atoms with E-state index in [2.05, 4.69) is 10.6 Å². The Morgan fingerprint density at radius 3 is 2.76 bits per heavy atom. The molecule has 1 spiro atoms. The number of para-hydroxylation sites is 1. The number of aliphatic hydroxyl groups excluding tert-OH is 1. The number of hydrogen-bond acceptors (Lipinski definition) is 7. The maximum atomic E-state index is 13.7. The highest BCUT2D eigenvalue weighted by atomic mass is 35.5. The third-order valence-corrected chi connectivity index (χ3v) is 7.34. The van der Waals surface area contributed by atoms with Crippen molar-refractivity contribution in [3.05, 3.63) is 52.5 Å². The maximum Gasteiger partial charge on any atom is 0.250 e. The van der Waals surface area contributed by atoms with Crippen molar-refractivity contribution >= 4 is 35.0 Å². The number of halogens is 1. The molecule has 9 nitrogen and oxygen atoms in total. The Balaban J connectivity index is 1.43. The number of aliphatic hydroxyl groups is 1. The molecule has 10 heteroatoms. The fourth-order valence-corrected chi connectivity index (χ4v) is 5.80. The molecule has 0 aliphatic carbocycles. The van der Waals surface area contributed by atoms with Gasteiger partial charge in [-0.05, 0) is 30.7 Å². The topological polar surface area (TPSA) is 117 Å². The highest BCUT2D eigenvalue weighted by molar-refractivity contribution is 6.35. The van der Waals surface area contributed by atoms with Gasteiger partial charge in [-0.2, -0.15) is 0 Å². The Labute approximate surface area is 193 Å². The normalized spacial score (nSPS) is 30.1.